The molecule has 10 heteroatoms. The van der Waals surface area contributed by atoms with E-state index in [2.05, 4.69) is 10.3 Å². The molecule has 10 nitrogen and oxygen atoms in total. The Morgan fingerprint density at radius 1 is 1.41 bits per heavy atom. The highest BCUT2D eigenvalue weighted by molar-refractivity contribution is 5.76. The van der Waals surface area contributed by atoms with Gasteiger partial charge in [0.05, 0.1) is 13.2 Å². The van der Waals surface area contributed by atoms with Crippen LogP contribution in [0.5, 0.6) is 0 Å². The normalized spacial score (nSPS) is 20.3. The van der Waals surface area contributed by atoms with E-state index < -0.39 is 23.4 Å². The molecule has 1 aliphatic rings. The number of rotatable bonds is 5. The molecule has 3 N–H and O–H groups in total. The monoisotopic (exact) mass is 381 g/mol. The van der Waals surface area contributed by atoms with Gasteiger partial charge in [0.1, 0.15) is 17.5 Å². The quantitative estimate of drug-likeness (QED) is 0.689. The van der Waals surface area contributed by atoms with Gasteiger partial charge in [0.2, 0.25) is 0 Å². The molecule has 0 aromatic carbocycles. The molecular formula is C17H27N5O5. The van der Waals surface area contributed by atoms with Gasteiger partial charge in [-0.25, -0.2) is 9.59 Å². The second-order valence-corrected chi connectivity index (χ2v) is 7.39. The molecule has 0 aliphatic carbocycles. The maximum Gasteiger partial charge on any atom is 0.407 e. The van der Waals surface area contributed by atoms with Crippen molar-refractivity contribution >= 4 is 17.9 Å². The predicted molar refractivity (Wildman–Crippen MR) is 98.2 cm³/mol. The van der Waals surface area contributed by atoms with Crippen LogP contribution in [0.2, 0.25) is 0 Å². The summed E-state index contributed by atoms with van der Waals surface area (Å²) in [5.74, 6) is -0.233. The maximum atomic E-state index is 12.1. The van der Waals surface area contributed by atoms with Crippen molar-refractivity contribution in [1.29, 1.82) is 0 Å². The first-order chi connectivity index (χ1) is 12.6. The highest BCUT2D eigenvalue weighted by Crippen LogP contribution is 2.26. The van der Waals surface area contributed by atoms with Gasteiger partial charge >= 0.3 is 17.8 Å². The third-order valence-corrected chi connectivity index (χ3v) is 4.17. The smallest absolute Gasteiger partial charge is 0.407 e. The highest BCUT2D eigenvalue weighted by Gasteiger charge is 2.38. The molecule has 1 aromatic rings. The number of likely N-dealkylation sites (tertiary alicyclic amines) is 1. The lowest BCUT2D eigenvalue weighted by Crippen LogP contribution is -2.42. The van der Waals surface area contributed by atoms with Gasteiger partial charge in [0.25, 0.3) is 0 Å². The van der Waals surface area contributed by atoms with Crippen molar-refractivity contribution in [3.8, 4) is 0 Å². The number of carbonyl (C=O) groups excluding carboxylic acids is 2. The zero-order chi connectivity index (χ0) is 20.2. The number of amides is 1. The van der Waals surface area contributed by atoms with Crippen molar-refractivity contribution in [2.45, 2.75) is 44.9 Å². The summed E-state index contributed by atoms with van der Waals surface area (Å²) in [4.78, 5) is 41.6. The number of aromatic nitrogens is 2. The molecule has 2 heterocycles. The topological polar surface area (TPSA) is 129 Å². The molecule has 1 unspecified atom stereocenters. The number of methoxy groups -OCH3 is 1. The Morgan fingerprint density at radius 3 is 2.70 bits per heavy atom. The van der Waals surface area contributed by atoms with E-state index in [1.807, 2.05) is 4.90 Å². The molecule has 1 amide bonds. The van der Waals surface area contributed by atoms with Crippen LogP contribution in [0.15, 0.2) is 17.1 Å². The number of alkyl carbamates (subject to hydrolysis) is 1. The zero-order valence-corrected chi connectivity index (χ0v) is 16.1. The molecule has 0 spiro atoms. The number of carbonyl (C=O) groups is 2. The Labute approximate surface area is 157 Å². The zero-order valence-electron chi connectivity index (χ0n) is 16.1. The Hall–Kier alpha value is -2.62. The second kappa shape index (κ2) is 8.38. The number of nitrogens with zero attached hydrogens (tertiary/aromatic N) is 3. The molecule has 0 saturated carbocycles. The number of anilines is 1. The van der Waals surface area contributed by atoms with E-state index in [-0.39, 0.29) is 17.8 Å². The van der Waals surface area contributed by atoms with Gasteiger partial charge in [0, 0.05) is 25.8 Å². The summed E-state index contributed by atoms with van der Waals surface area (Å²) in [6, 6.07) is 0.794. The van der Waals surface area contributed by atoms with Crippen LogP contribution in [0.4, 0.5) is 10.6 Å². The van der Waals surface area contributed by atoms with Gasteiger partial charge in [0.15, 0.2) is 0 Å². The summed E-state index contributed by atoms with van der Waals surface area (Å²) in [6.45, 7) is 6.49. The maximum absolute atomic E-state index is 12.1. The van der Waals surface area contributed by atoms with Crippen molar-refractivity contribution < 1.29 is 19.1 Å². The SMILES string of the molecule is COC(=O)C1C[C@H](n2ccc(N)nc2=O)CN1CCNC(=O)OC(C)(C)C. The molecule has 1 saturated heterocycles. The van der Waals surface area contributed by atoms with Crippen molar-refractivity contribution in [2.24, 2.45) is 0 Å². The third kappa shape index (κ3) is 5.68. The van der Waals surface area contributed by atoms with Crippen LogP contribution >= 0.6 is 0 Å². The molecule has 0 radical (unpaired) electrons. The van der Waals surface area contributed by atoms with Crippen LogP contribution in [0.1, 0.15) is 33.2 Å². The molecule has 2 rings (SSSR count). The van der Waals surface area contributed by atoms with Crippen molar-refractivity contribution in [2.75, 3.05) is 32.5 Å². The molecule has 27 heavy (non-hydrogen) atoms. The molecular weight excluding hydrogens is 354 g/mol. The summed E-state index contributed by atoms with van der Waals surface area (Å²) < 4.78 is 11.5. The Kier molecular flexibility index (Phi) is 6.42. The Morgan fingerprint density at radius 2 is 2.11 bits per heavy atom. The van der Waals surface area contributed by atoms with E-state index in [9.17, 15) is 14.4 Å². The van der Waals surface area contributed by atoms with E-state index in [1.165, 1.54) is 11.7 Å². The first-order valence-electron chi connectivity index (χ1n) is 8.74. The molecule has 0 bridgehead atoms. The molecule has 2 atom stereocenters. The number of hydrogen-bond donors (Lipinski definition) is 2. The fourth-order valence-corrected chi connectivity index (χ4v) is 3.03. The van der Waals surface area contributed by atoms with Crippen LogP contribution in [-0.2, 0) is 14.3 Å². The lowest BCUT2D eigenvalue weighted by molar-refractivity contribution is -0.145. The van der Waals surface area contributed by atoms with Crippen LogP contribution in [0, 0.1) is 0 Å². The van der Waals surface area contributed by atoms with Gasteiger partial charge in [-0.2, -0.15) is 4.98 Å². The number of nitrogens with two attached hydrogens (primary N) is 1. The second-order valence-electron chi connectivity index (χ2n) is 7.39. The van der Waals surface area contributed by atoms with Crippen LogP contribution in [0.3, 0.4) is 0 Å². The Balaban J connectivity index is 2.02. The molecule has 1 aliphatic heterocycles. The summed E-state index contributed by atoms with van der Waals surface area (Å²) in [7, 11) is 1.32. The van der Waals surface area contributed by atoms with E-state index in [0.29, 0.717) is 26.1 Å². The number of esters is 1. The molecule has 150 valence electrons. The van der Waals surface area contributed by atoms with Gasteiger partial charge in [-0.15, -0.1) is 0 Å². The third-order valence-electron chi connectivity index (χ3n) is 4.17. The van der Waals surface area contributed by atoms with Gasteiger partial charge < -0.3 is 20.5 Å². The highest BCUT2D eigenvalue weighted by atomic mass is 16.6. The van der Waals surface area contributed by atoms with Crippen molar-refractivity contribution in [1.82, 2.24) is 19.8 Å². The number of nitrogens with one attached hydrogen (secondary N) is 1. The predicted octanol–water partition coefficient (Wildman–Crippen LogP) is 0.139. The number of nitrogen functional groups attached to an aromatic ring is 1. The summed E-state index contributed by atoms with van der Waals surface area (Å²) in [5, 5.41) is 2.66. The first-order valence-corrected chi connectivity index (χ1v) is 8.74. The summed E-state index contributed by atoms with van der Waals surface area (Å²) >= 11 is 0. The Bertz CT molecular complexity index is 742. The van der Waals surface area contributed by atoms with E-state index in [1.54, 1.807) is 33.0 Å². The van der Waals surface area contributed by atoms with Gasteiger partial charge in [-0.1, -0.05) is 0 Å². The minimum absolute atomic E-state index is 0.150. The van der Waals surface area contributed by atoms with Gasteiger partial charge in [-0.05, 0) is 33.3 Å². The lowest BCUT2D eigenvalue weighted by atomic mass is 10.1. The first kappa shape index (κ1) is 20.7. The van der Waals surface area contributed by atoms with Gasteiger partial charge in [-0.3, -0.25) is 14.3 Å². The number of ether oxygens (including phenoxy) is 2. The van der Waals surface area contributed by atoms with Crippen LogP contribution in [0.25, 0.3) is 0 Å². The minimum atomic E-state index is -0.583. The van der Waals surface area contributed by atoms with E-state index in [0.717, 1.165) is 0 Å². The summed E-state index contributed by atoms with van der Waals surface area (Å²) in [6.07, 6.45) is 1.46. The average Bonchev–Trinajstić information content (AvgIpc) is 2.96. The fraction of sp³-hybridized carbons (Fsp3) is 0.647. The summed E-state index contributed by atoms with van der Waals surface area (Å²) in [5.41, 5.74) is 4.48. The lowest BCUT2D eigenvalue weighted by Gasteiger charge is -2.23. The van der Waals surface area contributed by atoms with E-state index >= 15 is 0 Å². The largest absolute Gasteiger partial charge is 0.468 e. The van der Waals surface area contributed by atoms with Crippen molar-refractivity contribution in [3.63, 3.8) is 0 Å². The van der Waals surface area contributed by atoms with E-state index in [4.69, 9.17) is 15.2 Å². The number of hydrogen-bond acceptors (Lipinski definition) is 8. The minimum Gasteiger partial charge on any atom is -0.468 e. The van der Waals surface area contributed by atoms with Crippen LogP contribution < -0.4 is 16.7 Å². The molecule has 1 aromatic heterocycles. The standard InChI is InChI=1S/C17H27N5O5/c1-17(2,3)27-16(25)19-6-8-21-10-11(9-12(21)14(23)26-4)22-7-5-13(18)20-15(22)24/h5,7,11-12H,6,8-10H2,1-4H3,(H,19,25)(H2,18,20,24)/t11-,12?/m0/s1. The van der Waals surface area contributed by atoms with Crippen LogP contribution in [-0.4, -0.2) is 64.9 Å². The fourth-order valence-electron chi connectivity index (χ4n) is 3.03. The van der Waals surface area contributed by atoms with Crippen molar-refractivity contribution in [3.05, 3.63) is 22.7 Å². The average molecular weight is 381 g/mol. The molecule has 1 fully saturated rings.